The van der Waals surface area contributed by atoms with Crippen molar-refractivity contribution in [1.82, 2.24) is 19.7 Å². The fourth-order valence-corrected chi connectivity index (χ4v) is 3.42. The first-order chi connectivity index (χ1) is 13.4. The first-order valence-corrected chi connectivity index (χ1v) is 9.38. The zero-order valence-corrected chi connectivity index (χ0v) is 15.9. The van der Waals surface area contributed by atoms with Crippen LogP contribution in [-0.2, 0) is 9.53 Å². The number of benzene rings is 1. The largest absolute Gasteiger partial charge is 0.465 e. The number of nitro benzene ring substituents is 1. The molecule has 0 aliphatic rings. The Balaban J connectivity index is 1.99. The maximum absolute atomic E-state index is 12.4. The van der Waals surface area contributed by atoms with E-state index in [0.29, 0.717) is 17.8 Å². The molecule has 1 aromatic carbocycles. The molecule has 0 fully saturated rings. The second kappa shape index (κ2) is 8.21. The van der Waals surface area contributed by atoms with Gasteiger partial charge in [0.15, 0.2) is 10.8 Å². The average molecular weight is 403 g/mol. The fourth-order valence-electron chi connectivity index (χ4n) is 2.53. The van der Waals surface area contributed by atoms with E-state index in [1.54, 1.807) is 6.92 Å². The molecule has 3 rings (SSSR count). The lowest BCUT2D eigenvalue weighted by atomic mass is 10.3. The van der Waals surface area contributed by atoms with E-state index in [9.17, 15) is 19.7 Å². The van der Waals surface area contributed by atoms with E-state index >= 15 is 0 Å². The van der Waals surface area contributed by atoms with Gasteiger partial charge in [-0.2, -0.15) is 5.10 Å². The van der Waals surface area contributed by atoms with Gasteiger partial charge in [-0.25, -0.2) is 9.67 Å². The second-order valence-corrected chi connectivity index (χ2v) is 6.90. The number of nitrogens with one attached hydrogen (secondary N) is 1. The van der Waals surface area contributed by atoms with Crippen molar-refractivity contribution >= 4 is 34.5 Å². The molecule has 1 atom stereocenters. The van der Waals surface area contributed by atoms with Crippen molar-refractivity contribution < 1.29 is 14.5 Å². The number of hydrogen-bond donors (Lipinski definition) is 1. The van der Waals surface area contributed by atoms with Gasteiger partial charge < -0.3 is 9.72 Å². The third kappa shape index (κ3) is 3.88. The van der Waals surface area contributed by atoms with Gasteiger partial charge in [-0.3, -0.25) is 19.7 Å². The topological polar surface area (TPSA) is 133 Å². The molecule has 2 heterocycles. The summed E-state index contributed by atoms with van der Waals surface area (Å²) in [6, 6.07) is 5.74. The van der Waals surface area contributed by atoms with Crippen molar-refractivity contribution in [2.75, 3.05) is 6.61 Å². The van der Waals surface area contributed by atoms with Gasteiger partial charge in [0.1, 0.15) is 10.6 Å². The van der Waals surface area contributed by atoms with Crippen LogP contribution in [0.3, 0.4) is 0 Å². The number of fused-ring (bicyclic) bond motifs is 1. The lowest BCUT2D eigenvalue weighted by Gasteiger charge is -2.12. The predicted molar refractivity (Wildman–Crippen MR) is 103 cm³/mol. The molecule has 0 spiro atoms. The standard InChI is InChI=1S/C17H17N5O5S/c1-3-13(16(24)27-4-2)28-17-19-14-12(15(23)20-17)9-18-21(14)10-5-7-11(8-6-10)22(25)26/h5-9,13H,3-4H2,1-2H3,(H,19,20,23). The quantitative estimate of drug-likeness (QED) is 0.209. The maximum atomic E-state index is 12.4. The van der Waals surface area contributed by atoms with Gasteiger partial charge >= 0.3 is 5.97 Å². The molecule has 11 heteroatoms. The van der Waals surface area contributed by atoms with E-state index in [-0.39, 0.29) is 34.4 Å². The molecule has 0 aliphatic heterocycles. The molecule has 0 saturated heterocycles. The number of nitro groups is 1. The van der Waals surface area contributed by atoms with Crippen molar-refractivity contribution in [3.05, 3.63) is 50.9 Å². The molecule has 28 heavy (non-hydrogen) atoms. The maximum Gasteiger partial charge on any atom is 0.319 e. The average Bonchev–Trinajstić information content (AvgIpc) is 3.10. The van der Waals surface area contributed by atoms with Crippen molar-refractivity contribution in [3.63, 3.8) is 0 Å². The van der Waals surface area contributed by atoms with Crippen LogP contribution in [0, 0.1) is 10.1 Å². The van der Waals surface area contributed by atoms with Crippen LogP contribution in [0.15, 0.2) is 40.4 Å². The van der Waals surface area contributed by atoms with E-state index in [2.05, 4.69) is 15.1 Å². The summed E-state index contributed by atoms with van der Waals surface area (Å²) < 4.78 is 6.46. The molecule has 0 amide bonds. The number of aromatic nitrogens is 4. The number of carbonyl (C=O) groups excluding carboxylic acids is 1. The second-order valence-electron chi connectivity index (χ2n) is 5.71. The molecule has 1 N–H and O–H groups in total. The van der Waals surface area contributed by atoms with Crippen LogP contribution in [0.4, 0.5) is 5.69 Å². The Kier molecular flexibility index (Phi) is 5.73. The Labute approximate surface area is 163 Å². The molecule has 1 unspecified atom stereocenters. The van der Waals surface area contributed by atoms with Crippen molar-refractivity contribution in [1.29, 1.82) is 0 Å². The summed E-state index contributed by atoms with van der Waals surface area (Å²) in [4.78, 5) is 41.8. The van der Waals surface area contributed by atoms with E-state index in [1.165, 1.54) is 35.1 Å². The SMILES string of the molecule is CCOC(=O)C(CC)Sc1nc2c(cnn2-c2ccc([N+](=O)[O-])cc2)c(=O)[nH]1. The molecular formula is C17H17N5O5S. The summed E-state index contributed by atoms with van der Waals surface area (Å²) in [6.45, 7) is 3.84. The number of esters is 1. The summed E-state index contributed by atoms with van der Waals surface area (Å²) in [5, 5.41) is 15.0. The van der Waals surface area contributed by atoms with Gasteiger partial charge in [0.25, 0.3) is 11.2 Å². The zero-order chi connectivity index (χ0) is 20.3. The molecule has 0 aliphatic carbocycles. The highest BCUT2D eigenvalue weighted by atomic mass is 32.2. The predicted octanol–water partition coefficient (Wildman–Crippen LogP) is 2.45. The van der Waals surface area contributed by atoms with Gasteiger partial charge in [0.05, 0.1) is 23.4 Å². The van der Waals surface area contributed by atoms with E-state index < -0.39 is 10.2 Å². The third-order valence-electron chi connectivity index (χ3n) is 3.90. The normalized spacial score (nSPS) is 12.1. The number of thioether (sulfide) groups is 1. The monoisotopic (exact) mass is 403 g/mol. The van der Waals surface area contributed by atoms with E-state index in [1.807, 2.05) is 6.92 Å². The van der Waals surface area contributed by atoms with Gasteiger partial charge in [0, 0.05) is 12.1 Å². The van der Waals surface area contributed by atoms with Crippen LogP contribution in [0.2, 0.25) is 0 Å². The zero-order valence-electron chi connectivity index (χ0n) is 15.1. The summed E-state index contributed by atoms with van der Waals surface area (Å²) in [5.41, 5.74) is 0.368. The van der Waals surface area contributed by atoms with Crippen molar-refractivity contribution in [2.24, 2.45) is 0 Å². The molecule has 2 aromatic heterocycles. The lowest BCUT2D eigenvalue weighted by Crippen LogP contribution is -2.20. The van der Waals surface area contributed by atoms with Crippen LogP contribution in [0.1, 0.15) is 20.3 Å². The molecule has 0 saturated carbocycles. The number of non-ortho nitro benzene ring substituents is 1. The van der Waals surface area contributed by atoms with Crippen LogP contribution >= 0.6 is 11.8 Å². The number of nitrogens with zero attached hydrogens (tertiary/aromatic N) is 4. The number of hydrogen-bond acceptors (Lipinski definition) is 8. The number of carbonyl (C=O) groups is 1. The minimum atomic E-state index is -0.503. The Morgan fingerprint density at radius 3 is 2.68 bits per heavy atom. The van der Waals surface area contributed by atoms with Gasteiger partial charge in [-0.1, -0.05) is 18.7 Å². The minimum absolute atomic E-state index is 0.0533. The van der Waals surface area contributed by atoms with Crippen LogP contribution in [0.5, 0.6) is 0 Å². The Bertz CT molecular complexity index is 1080. The molecule has 3 aromatic rings. The van der Waals surface area contributed by atoms with E-state index in [0.717, 1.165) is 11.8 Å². The van der Waals surface area contributed by atoms with E-state index in [4.69, 9.17) is 4.74 Å². The number of ether oxygens (including phenoxy) is 1. The molecular weight excluding hydrogens is 386 g/mol. The van der Waals surface area contributed by atoms with Crippen LogP contribution in [-0.4, -0.2) is 42.5 Å². The summed E-state index contributed by atoms with van der Waals surface area (Å²) in [7, 11) is 0. The number of H-pyrrole nitrogens is 1. The Morgan fingerprint density at radius 2 is 2.07 bits per heavy atom. The lowest BCUT2D eigenvalue weighted by molar-refractivity contribution is -0.384. The highest BCUT2D eigenvalue weighted by Crippen LogP contribution is 2.24. The minimum Gasteiger partial charge on any atom is -0.465 e. The Hall–Kier alpha value is -3.21. The van der Waals surface area contributed by atoms with Crippen LogP contribution in [0.25, 0.3) is 16.7 Å². The molecule has 0 radical (unpaired) electrons. The van der Waals surface area contributed by atoms with Crippen molar-refractivity contribution in [2.45, 2.75) is 30.7 Å². The van der Waals surface area contributed by atoms with Gasteiger partial charge in [0.2, 0.25) is 0 Å². The first-order valence-electron chi connectivity index (χ1n) is 8.50. The highest BCUT2D eigenvalue weighted by molar-refractivity contribution is 8.00. The third-order valence-corrected chi connectivity index (χ3v) is 5.12. The summed E-state index contributed by atoms with van der Waals surface area (Å²) in [5.74, 6) is -0.373. The Morgan fingerprint density at radius 1 is 1.36 bits per heavy atom. The smallest absolute Gasteiger partial charge is 0.319 e. The highest BCUT2D eigenvalue weighted by Gasteiger charge is 2.21. The summed E-state index contributed by atoms with van der Waals surface area (Å²) in [6.07, 6.45) is 1.88. The number of aromatic amines is 1. The molecule has 0 bridgehead atoms. The number of rotatable bonds is 7. The summed E-state index contributed by atoms with van der Waals surface area (Å²) >= 11 is 1.11. The van der Waals surface area contributed by atoms with Crippen molar-refractivity contribution in [3.8, 4) is 5.69 Å². The van der Waals surface area contributed by atoms with Gasteiger partial charge in [-0.15, -0.1) is 0 Å². The van der Waals surface area contributed by atoms with Crippen LogP contribution < -0.4 is 5.56 Å². The molecule has 10 nitrogen and oxygen atoms in total. The fraction of sp³-hybridized carbons (Fsp3) is 0.294. The molecule has 146 valence electrons. The van der Waals surface area contributed by atoms with Gasteiger partial charge in [-0.05, 0) is 25.5 Å². The first kappa shape index (κ1) is 19.5.